The molecule has 0 fully saturated rings. The SMILES string of the molecule is CCCCCN(C)CCCOc1ccc(C(N)=S)cc1. The summed E-state index contributed by atoms with van der Waals surface area (Å²) in [6.45, 7) is 5.23. The highest BCUT2D eigenvalue weighted by atomic mass is 32.1. The molecule has 0 unspecified atom stereocenters. The highest BCUT2D eigenvalue weighted by Gasteiger charge is 2.00. The lowest BCUT2D eigenvalue weighted by molar-refractivity contribution is 0.260. The van der Waals surface area contributed by atoms with Crippen molar-refractivity contribution in [3.8, 4) is 5.75 Å². The quantitative estimate of drug-likeness (QED) is 0.531. The smallest absolute Gasteiger partial charge is 0.119 e. The summed E-state index contributed by atoms with van der Waals surface area (Å²) in [5, 5.41) is 0. The predicted molar refractivity (Wildman–Crippen MR) is 89.5 cm³/mol. The molecule has 0 aliphatic rings. The van der Waals surface area contributed by atoms with Gasteiger partial charge in [-0.3, -0.25) is 0 Å². The van der Waals surface area contributed by atoms with Gasteiger partial charge in [-0.2, -0.15) is 0 Å². The van der Waals surface area contributed by atoms with Crippen LogP contribution in [0.1, 0.15) is 38.2 Å². The molecule has 1 aromatic rings. The number of hydrogen-bond acceptors (Lipinski definition) is 3. The molecule has 0 amide bonds. The third-order valence-corrected chi connectivity index (χ3v) is 3.47. The maximum Gasteiger partial charge on any atom is 0.119 e. The first-order chi connectivity index (χ1) is 9.63. The van der Waals surface area contributed by atoms with Gasteiger partial charge in [0.15, 0.2) is 0 Å². The minimum Gasteiger partial charge on any atom is -0.494 e. The highest BCUT2D eigenvalue weighted by molar-refractivity contribution is 7.80. The molecule has 0 atom stereocenters. The highest BCUT2D eigenvalue weighted by Crippen LogP contribution is 2.12. The molecule has 0 aliphatic carbocycles. The number of hydrogen-bond donors (Lipinski definition) is 1. The van der Waals surface area contributed by atoms with Crippen molar-refractivity contribution in [2.45, 2.75) is 32.6 Å². The fourth-order valence-corrected chi connectivity index (χ4v) is 2.12. The molecule has 4 heteroatoms. The lowest BCUT2D eigenvalue weighted by Gasteiger charge is -2.16. The number of benzene rings is 1. The molecule has 0 aliphatic heterocycles. The van der Waals surface area contributed by atoms with E-state index in [-0.39, 0.29) is 0 Å². The Labute approximate surface area is 128 Å². The van der Waals surface area contributed by atoms with E-state index in [2.05, 4.69) is 18.9 Å². The summed E-state index contributed by atoms with van der Waals surface area (Å²) in [4.78, 5) is 2.79. The Kier molecular flexibility index (Phi) is 8.23. The third-order valence-electron chi connectivity index (χ3n) is 3.24. The Bertz CT molecular complexity index is 392. The predicted octanol–water partition coefficient (Wildman–Crippen LogP) is 3.21. The van der Waals surface area contributed by atoms with E-state index in [1.54, 1.807) is 0 Å². The van der Waals surface area contributed by atoms with Gasteiger partial charge in [-0.05, 0) is 50.7 Å². The van der Waals surface area contributed by atoms with Crippen LogP contribution in [-0.4, -0.2) is 36.6 Å². The first-order valence-electron chi connectivity index (χ1n) is 7.34. The van der Waals surface area contributed by atoms with Crippen LogP contribution < -0.4 is 10.5 Å². The van der Waals surface area contributed by atoms with Gasteiger partial charge >= 0.3 is 0 Å². The molecular weight excluding hydrogens is 268 g/mol. The van der Waals surface area contributed by atoms with Gasteiger partial charge in [0.1, 0.15) is 10.7 Å². The fourth-order valence-electron chi connectivity index (χ4n) is 1.98. The number of ether oxygens (including phenoxy) is 1. The average molecular weight is 294 g/mol. The van der Waals surface area contributed by atoms with E-state index in [1.165, 1.54) is 25.8 Å². The van der Waals surface area contributed by atoms with Gasteiger partial charge in [0.25, 0.3) is 0 Å². The summed E-state index contributed by atoms with van der Waals surface area (Å²) in [6, 6.07) is 7.63. The van der Waals surface area contributed by atoms with E-state index < -0.39 is 0 Å². The van der Waals surface area contributed by atoms with Crippen molar-refractivity contribution in [2.24, 2.45) is 5.73 Å². The summed E-state index contributed by atoms with van der Waals surface area (Å²) < 4.78 is 5.71. The summed E-state index contributed by atoms with van der Waals surface area (Å²) in [5.74, 6) is 0.874. The Morgan fingerprint density at radius 3 is 2.40 bits per heavy atom. The second-order valence-corrected chi connectivity index (χ2v) is 5.54. The molecule has 0 bridgehead atoms. The van der Waals surface area contributed by atoms with Crippen LogP contribution in [0.2, 0.25) is 0 Å². The van der Waals surface area contributed by atoms with Crippen LogP contribution in [0.5, 0.6) is 5.75 Å². The first kappa shape index (κ1) is 16.9. The lowest BCUT2D eigenvalue weighted by atomic mass is 10.2. The molecular formula is C16H26N2OS. The van der Waals surface area contributed by atoms with Gasteiger partial charge in [-0.15, -0.1) is 0 Å². The number of nitrogens with zero attached hydrogens (tertiary/aromatic N) is 1. The minimum atomic E-state index is 0.422. The van der Waals surface area contributed by atoms with Crippen molar-refractivity contribution in [3.63, 3.8) is 0 Å². The van der Waals surface area contributed by atoms with E-state index in [0.717, 1.165) is 30.9 Å². The Hall–Kier alpha value is -1.13. The number of nitrogens with two attached hydrogens (primary N) is 1. The molecule has 0 radical (unpaired) electrons. The normalized spacial score (nSPS) is 10.8. The van der Waals surface area contributed by atoms with Gasteiger partial charge in [-0.1, -0.05) is 32.0 Å². The lowest BCUT2D eigenvalue weighted by Crippen LogP contribution is -2.22. The standard InChI is InChI=1S/C16H26N2OS/c1-3-4-5-11-18(2)12-6-13-19-15-9-7-14(8-10-15)16(17)20/h7-10H,3-6,11-13H2,1-2H3,(H2,17,20). The van der Waals surface area contributed by atoms with Crippen LogP contribution in [0, 0.1) is 0 Å². The number of rotatable bonds is 10. The molecule has 1 aromatic carbocycles. The van der Waals surface area contributed by atoms with Gasteiger partial charge in [0.05, 0.1) is 6.61 Å². The molecule has 0 saturated heterocycles. The van der Waals surface area contributed by atoms with Crippen molar-refractivity contribution < 1.29 is 4.74 Å². The molecule has 1 rings (SSSR count). The van der Waals surface area contributed by atoms with Crippen molar-refractivity contribution >= 4 is 17.2 Å². The molecule has 112 valence electrons. The molecule has 2 N–H and O–H groups in total. The van der Waals surface area contributed by atoms with E-state index in [1.807, 2.05) is 24.3 Å². The Balaban J connectivity index is 2.16. The van der Waals surface area contributed by atoms with E-state index >= 15 is 0 Å². The van der Waals surface area contributed by atoms with Crippen molar-refractivity contribution in [1.29, 1.82) is 0 Å². The molecule has 3 nitrogen and oxygen atoms in total. The number of unbranched alkanes of at least 4 members (excludes halogenated alkanes) is 2. The van der Waals surface area contributed by atoms with E-state index in [4.69, 9.17) is 22.7 Å². The zero-order valence-electron chi connectivity index (χ0n) is 12.6. The topological polar surface area (TPSA) is 38.5 Å². The molecule has 0 saturated carbocycles. The summed E-state index contributed by atoms with van der Waals surface area (Å²) in [7, 11) is 2.17. The van der Waals surface area contributed by atoms with Crippen LogP contribution in [0.15, 0.2) is 24.3 Å². The van der Waals surface area contributed by atoms with Crippen LogP contribution in [-0.2, 0) is 0 Å². The van der Waals surface area contributed by atoms with E-state index in [9.17, 15) is 0 Å². The minimum absolute atomic E-state index is 0.422. The van der Waals surface area contributed by atoms with Crippen LogP contribution in [0.4, 0.5) is 0 Å². The third kappa shape index (κ3) is 6.87. The summed E-state index contributed by atoms with van der Waals surface area (Å²) in [6.07, 6.45) is 4.92. The second kappa shape index (κ2) is 9.72. The molecule has 0 heterocycles. The Morgan fingerprint density at radius 2 is 1.80 bits per heavy atom. The molecule has 0 spiro atoms. The number of thiocarbonyl (C=S) groups is 1. The van der Waals surface area contributed by atoms with Crippen LogP contribution in [0.3, 0.4) is 0 Å². The average Bonchev–Trinajstić information content (AvgIpc) is 2.44. The van der Waals surface area contributed by atoms with Gasteiger partial charge in [0.2, 0.25) is 0 Å². The van der Waals surface area contributed by atoms with E-state index in [0.29, 0.717) is 4.99 Å². The van der Waals surface area contributed by atoms with Gasteiger partial charge in [-0.25, -0.2) is 0 Å². The summed E-state index contributed by atoms with van der Waals surface area (Å²) in [5.41, 5.74) is 6.43. The monoisotopic (exact) mass is 294 g/mol. The zero-order chi connectivity index (χ0) is 14.8. The molecule has 0 aromatic heterocycles. The maximum atomic E-state index is 5.71. The molecule has 20 heavy (non-hydrogen) atoms. The maximum absolute atomic E-state index is 5.71. The fraction of sp³-hybridized carbons (Fsp3) is 0.562. The summed E-state index contributed by atoms with van der Waals surface area (Å²) >= 11 is 4.92. The van der Waals surface area contributed by atoms with Crippen LogP contribution in [0.25, 0.3) is 0 Å². The van der Waals surface area contributed by atoms with Gasteiger partial charge in [0, 0.05) is 12.1 Å². The Morgan fingerprint density at radius 1 is 1.15 bits per heavy atom. The van der Waals surface area contributed by atoms with Crippen molar-refractivity contribution in [2.75, 3.05) is 26.7 Å². The van der Waals surface area contributed by atoms with Crippen molar-refractivity contribution in [1.82, 2.24) is 4.90 Å². The first-order valence-corrected chi connectivity index (χ1v) is 7.75. The van der Waals surface area contributed by atoms with Gasteiger partial charge < -0.3 is 15.4 Å². The largest absolute Gasteiger partial charge is 0.494 e. The van der Waals surface area contributed by atoms with Crippen molar-refractivity contribution in [3.05, 3.63) is 29.8 Å². The second-order valence-electron chi connectivity index (χ2n) is 5.10. The van der Waals surface area contributed by atoms with Crippen LogP contribution >= 0.6 is 12.2 Å². The zero-order valence-corrected chi connectivity index (χ0v) is 13.4.